The minimum atomic E-state index is -3.84. The number of hydrogen-bond donors (Lipinski definition) is 1. The van der Waals surface area contributed by atoms with E-state index in [1.165, 1.54) is 16.4 Å². The van der Waals surface area contributed by atoms with Gasteiger partial charge in [0.1, 0.15) is 10.7 Å². The molecule has 1 aromatic carbocycles. The summed E-state index contributed by atoms with van der Waals surface area (Å²) in [7, 11) is -3.84. The first-order valence-electron chi connectivity index (χ1n) is 6.63. The van der Waals surface area contributed by atoms with E-state index in [-0.39, 0.29) is 28.1 Å². The Morgan fingerprint density at radius 2 is 2.15 bits per heavy atom. The van der Waals surface area contributed by atoms with Crippen LogP contribution in [0.15, 0.2) is 17.0 Å². The number of rotatable bonds is 3. The highest BCUT2D eigenvalue weighted by Gasteiger charge is 2.45. The van der Waals surface area contributed by atoms with Crippen LogP contribution in [-0.2, 0) is 16.6 Å². The van der Waals surface area contributed by atoms with Crippen molar-refractivity contribution in [3.05, 3.63) is 28.5 Å². The zero-order valence-electron chi connectivity index (χ0n) is 10.9. The summed E-state index contributed by atoms with van der Waals surface area (Å²) >= 11 is 5.89. The summed E-state index contributed by atoms with van der Waals surface area (Å²) in [6, 6.07) is 2.55. The molecule has 2 N–H and O–H groups in total. The summed E-state index contributed by atoms with van der Waals surface area (Å²) in [6.07, 6.45) is 2.80. The second-order valence-electron chi connectivity index (χ2n) is 5.49. The third-order valence-corrected chi connectivity index (χ3v) is 6.38. The number of fused-ring (bicyclic) bond motifs is 2. The van der Waals surface area contributed by atoms with Gasteiger partial charge >= 0.3 is 0 Å². The molecule has 2 atom stereocenters. The van der Waals surface area contributed by atoms with E-state index in [1.807, 2.05) is 0 Å². The fourth-order valence-electron chi connectivity index (χ4n) is 3.25. The van der Waals surface area contributed by atoms with Gasteiger partial charge in [0.15, 0.2) is 0 Å². The van der Waals surface area contributed by atoms with Gasteiger partial charge in [0.2, 0.25) is 10.0 Å². The maximum Gasteiger partial charge on any atom is 0.246 e. The number of sulfonamides is 1. The topological polar surface area (TPSA) is 63.4 Å². The first kappa shape index (κ1) is 14.3. The van der Waals surface area contributed by atoms with Crippen molar-refractivity contribution >= 4 is 21.6 Å². The number of benzene rings is 1. The van der Waals surface area contributed by atoms with Crippen molar-refractivity contribution in [2.45, 2.75) is 36.7 Å². The normalized spacial score (nSPS) is 26.4. The Hall–Kier alpha value is -0.690. The number of hydrogen-bond acceptors (Lipinski definition) is 3. The van der Waals surface area contributed by atoms with Gasteiger partial charge in [0, 0.05) is 29.7 Å². The van der Waals surface area contributed by atoms with E-state index < -0.39 is 15.8 Å². The van der Waals surface area contributed by atoms with Gasteiger partial charge in [-0.05, 0) is 37.3 Å². The molecule has 0 spiro atoms. The summed E-state index contributed by atoms with van der Waals surface area (Å²) in [6.45, 7) is 0.401. The molecule has 2 unspecified atom stereocenters. The summed E-state index contributed by atoms with van der Waals surface area (Å²) in [4.78, 5) is -0.349. The van der Waals surface area contributed by atoms with Crippen LogP contribution < -0.4 is 5.73 Å². The van der Waals surface area contributed by atoms with Crippen molar-refractivity contribution in [1.82, 2.24) is 4.31 Å². The molecule has 4 nitrogen and oxygen atoms in total. The van der Waals surface area contributed by atoms with Crippen LogP contribution in [0.4, 0.5) is 4.39 Å². The molecule has 2 bridgehead atoms. The minimum Gasteiger partial charge on any atom is -0.326 e. The van der Waals surface area contributed by atoms with E-state index in [0.717, 1.165) is 19.3 Å². The molecule has 7 heteroatoms. The molecular weight excluding hydrogens is 303 g/mol. The molecule has 1 aliphatic heterocycles. The molecule has 1 heterocycles. The van der Waals surface area contributed by atoms with Gasteiger partial charge in [0.25, 0.3) is 0 Å². The summed E-state index contributed by atoms with van der Waals surface area (Å²) < 4.78 is 41.0. The zero-order valence-corrected chi connectivity index (χ0v) is 12.4. The third-order valence-electron chi connectivity index (χ3n) is 4.24. The van der Waals surface area contributed by atoms with E-state index in [1.54, 1.807) is 0 Å². The monoisotopic (exact) mass is 318 g/mol. The van der Waals surface area contributed by atoms with Gasteiger partial charge in [-0.1, -0.05) is 11.6 Å². The van der Waals surface area contributed by atoms with Crippen LogP contribution in [0.5, 0.6) is 0 Å². The van der Waals surface area contributed by atoms with Crippen LogP contribution in [0.1, 0.15) is 24.8 Å². The van der Waals surface area contributed by atoms with Gasteiger partial charge in [-0.3, -0.25) is 0 Å². The van der Waals surface area contributed by atoms with Crippen LogP contribution >= 0.6 is 11.6 Å². The highest BCUT2D eigenvalue weighted by molar-refractivity contribution is 7.89. The van der Waals surface area contributed by atoms with Crippen LogP contribution in [0.25, 0.3) is 0 Å². The second kappa shape index (κ2) is 4.94. The largest absolute Gasteiger partial charge is 0.326 e. The number of halogens is 2. The Kier molecular flexibility index (Phi) is 3.52. The van der Waals surface area contributed by atoms with Crippen molar-refractivity contribution in [2.75, 3.05) is 6.54 Å². The van der Waals surface area contributed by atoms with E-state index in [2.05, 4.69) is 0 Å². The Balaban J connectivity index is 2.06. The Morgan fingerprint density at radius 1 is 1.40 bits per heavy atom. The number of nitrogens with zero attached hydrogens (tertiary/aromatic N) is 1. The van der Waals surface area contributed by atoms with Crippen LogP contribution in [0.3, 0.4) is 0 Å². The van der Waals surface area contributed by atoms with Crippen molar-refractivity contribution in [2.24, 2.45) is 11.7 Å². The molecule has 2 aliphatic rings. The van der Waals surface area contributed by atoms with Crippen molar-refractivity contribution < 1.29 is 12.8 Å². The van der Waals surface area contributed by atoms with Crippen LogP contribution in [0.2, 0.25) is 5.02 Å². The molecule has 20 heavy (non-hydrogen) atoms. The van der Waals surface area contributed by atoms with Crippen molar-refractivity contribution in [3.8, 4) is 0 Å². The van der Waals surface area contributed by atoms with Crippen LogP contribution in [-0.4, -0.2) is 25.3 Å². The molecule has 110 valence electrons. The maximum absolute atomic E-state index is 14.3. The summed E-state index contributed by atoms with van der Waals surface area (Å²) in [5.74, 6) is -0.370. The summed E-state index contributed by atoms with van der Waals surface area (Å²) in [5, 5.41) is 0.190. The quantitative estimate of drug-likeness (QED) is 0.928. The first-order valence-corrected chi connectivity index (χ1v) is 8.45. The molecular formula is C13H16ClFN2O2S. The van der Waals surface area contributed by atoms with Gasteiger partial charge in [-0.25, -0.2) is 12.8 Å². The lowest BCUT2D eigenvalue weighted by molar-refractivity contribution is 0.332. The zero-order chi connectivity index (χ0) is 14.5. The van der Waals surface area contributed by atoms with Gasteiger partial charge in [0.05, 0.1) is 0 Å². The second-order valence-corrected chi connectivity index (χ2v) is 7.78. The summed E-state index contributed by atoms with van der Waals surface area (Å²) in [5.41, 5.74) is 5.56. The van der Waals surface area contributed by atoms with E-state index >= 15 is 0 Å². The predicted octanol–water partition coefficient (Wildman–Crippen LogP) is 2.11. The van der Waals surface area contributed by atoms with Gasteiger partial charge < -0.3 is 5.73 Å². The van der Waals surface area contributed by atoms with E-state index in [0.29, 0.717) is 12.5 Å². The molecule has 0 aromatic heterocycles. The Morgan fingerprint density at radius 3 is 2.70 bits per heavy atom. The lowest BCUT2D eigenvalue weighted by Gasteiger charge is -2.26. The SMILES string of the molecule is NCc1cc(Cl)cc(S(=O)(=O)N2CC3CCC2C3)c1F. The lowest BCUT2D eigenvalue weighted by atomic mass is 10.1. The lowest BCUT2D eigenvalue weighted by Crippen LogP contribution is -2.38. The van der Waals surface area contributed by atoms with E-state index in [9.17, 15) is 12.8 Å². The standard InChI is InChI=1S/C13H16ClFN2O2S/c14-10-4-9(6-16)13(15)12(5-10)20(18,19)17-7-8-1-2-11(17)3-8/h4-5,8,11H,1-3,6-7,16H2. The molecule has 1 aliphatic carbocycles. The molecule has 1 saturated carbocycles. The predicted molar refractivity (Wildman–Crippen MR) is 74.3 cm³/mol. The molecule has 1 saturated heterocycles. The minimum absolute atomic E-state index is 0.00436. The van der Waals surface area contributed by atoms with E-state index in [4.69, 9.17) is 17.3 Å². The Labute approximate surface area is 122 Å². The van der Waals surface area contributed by atoms with Crippen molar-refractivity contribution in [3.63, 3.8) is 0 Å². The molecule has 1 aromatic rings. The molecule has 3 rings (SSSR count). The fourth-order valence-corrected chi connectivity index (χ4v) is 5.44. The Bertz CT molecular complexity index is 650. The van der Waals surface area contributed by atoms with Crippen molar-refractivity contribution in [1.29, 1.82) is 0 Å². The highest BCUT2D eigenvalue weighted by Crippen LogP contribution is 2.41. The smallest absolute Gasteiger partial charge is 0.246 e. The van der Waals surface area contributed by atoms with Gasteiger partial charge in [-0.2, -0.15) is 4.31 Å². The average Bonchev–Trinajstić information content (AvgIpc) is 3.03. The third kappa shape index (κ3) is 2.15. The highest BCUT2D eigenvalue weighted by atomic mass is 35.5. The number of nitrogens with two attached hydrogens (primary N) is 1. The van der Waals surface area contributed by atoms with Gasteiger partial charge in [-0.15, -0.1) is 0 Å². The fraction of sp³-hybridized carbons (Fsp3) is 0.538. The first-order chi connectivity index (χ1) is 9.43. The molecule has 0 radical (unpaired) electrons. The maximum atomic E-state index is 14.3. The average molecular weight is 319 g/mol. The number of piperidine rings is 1. The molecule has 0 amide bonds. The van der Waals surface area contributed by atoms with Crippen LogP contribution in [0, 0.1) is 11.7 Å². The molecule has 2 fully saturated rings.